The lowest BCUT2D eigenvalue weighted by atomic mass is 9.85. The van der Waals surface area contributed by atoms with Crippen molar-refractivity contribution < 1.29 is 9.59 Å². The smallest absolute Gasteiger partial charge is 0.140 e. The standard InChI is InChI=1S/C26H38O2/c27-25(23-11-7-3-1-4-8-12-23)19-21-15-17-22(18-16-21)20-26(28)24-13-9-5-2-6-10-14-24/h15-18,23-24H,1-14,19-20H2. The van der Waals surface area contributed by atoms with E-state index in [1.54, 1.807) is 0 Å². The summed E-state index contributed by atoms with van der Waals surface area (Å²) < 4.78 is 0. The number of ketones is 2. The van der Waals surface area contributed by atoms with Gasteiger partial charge in [0.25, 0.3) is 0 Å². The van der Waals surface area contributed by atoms with Crippen LogP contribution in [-0.4, -0.2) is 11.6 Å². The highest BCUT2D eigenvalue weighted by atomic mass is 16.1. The Bertz CT molecular complexity index is 545. The first-order valence-electron chi connectivity index (χ1n) is 11.9. The Morgan fingerprint density at radius 1 is 0.536 bits per heavy atom. The Hall–Kier alpha value is -1.44. The van der Waals surface area contributed by atoms with Crippen LogP contribution in [0.15, 0.2) is 24.3 Å². The summed E-state index contributed by atoms with van der Waals surface area (Å²) in [6.07, 6.45) is 18.1. The van der Waals surface area contributed by atoms with E-state index >= 15 is 0 Å². The molecule has 0 spiro atoms. The van der Waals surface area contributed by atoms with Gasteiger partial charge in [0.05, 0.1) is 0 Å². The summed E-state index contributed by atoms with van der Waals surface area (Å²) in [5.41, 5.74) is 2.21. The molecule has 0 aliphatic heterocycles. The minimum atomic E-state index is 0.265. The third-order valence-corrected chi connectivity index (χ3v) is 6.90. The average Bonchev–Trinajstić information content (AvgIpc) is 2.62. The number of hydrogen-bond donors (Lipinski definition) is 0. The van der Waals surface area contributed by atoms with E-state index in [4.69, 9.17) is 0 Å². The van der Waals surface area contributed by atoms with Gasteiger partial charge in [-0.3, -0.25) is 9.59 Å². The minimum absolute atomic E-state index is 0.265. The van der Waals surface area contributed by atoms with Gasteiger partial charge < -0.3 is 0 Å². The molecule has 3 rings (SSSR count). The van der Waals surface area contributed by atoms with E-state index in [9.17, 15) is 9.59 Å². The predicted octanol–water partition coefficient (Wildman–Crippen LogP) is 6.63. The molecule has 28 heavy (non-hydrogen) atoms. The molecular formula is C26H38O2. The number of rotatable bonds is 6. The van der Waals surface area contributed by atoms with Crippen LogP contribution in [0.2, 0.25) is 0 Å². The molecule has 2 nitrogen and oxygen atoms in total. The summed E-state index contributed by atoms with van der Waals surface area (Å²) in [5, 5.41) is 0. The highest BCUT2D eigenvalue weighted by Crippen LogP contribution is 2.26. The number of carbonyl (C=O) groups is 2. The van der Waals surface area contributed by atoms with E-state index in [-0.39, 0.29) is 11.8 Å². The number of hydrogen-bond acceptors (Lipinski definition) is 2. The molecule has 2 heteroatoms. The van der Waals surface area contributed by atoms with Crippen LogP contribution in [0.1, 0.15) is 101 Å². The fourth-order valence-corrected chi connectivity index (χ4v) is 5.02. The van der Waals surface area contributed by atoms with Crippen molar-refractivity contribution in [2.24, 2.45) is 11.8 Å². The molecule has 0 atom stereocenters. The van der Waals surface area contributed by atoms with Crippen molar-refractivity contribution in [2.75, 3.05) is 0 Å². The van der Waals surface area contributed by atoms with E-state index in [0.717, 1.165) is 36.8 Å². The first kappa shape index (κ1) is 21.3. The van der Waals surface area contributed by atoms with Crippen LogP contribution in [-0.2, 0) is 22.4 Å². The molecular weight excluding hydrogens is 344 g/mol. The molecule has 1 aromatic rings. The van der Waals surface area contributed by atoms with Crippen LogP contribution in [0.4, 0.5) is 0 Å². The third kappa shape index (κ3) is 6.87. The molecule has 0 amide bonds. The predicted molar refractivity (Wildman–Crippen MR) is 115 cm³/mol. The van der Waals surface area contributed by atoms with Crippen molar-refractivity contribution >= 4 is 11.6 Å². The van der Waals surface area contributed by atoms with Crippen LogP contribution >= 0.6 is 0 Å². The SMILES string of the molecule is O=C(Cc1ccc(CC(=O)C2CCCCCCC2)cc1)C1CCCCCCC1. The summed E-state index contributed by atoms with van der Waals surface area (Å²) in [6, 6.07) is 8.28. The van der Waals surface area contributed by atoms with Gasteiger partial charge in [-0.2, -0.15) is 0 Å². The van der Waals surface area contributed by atoms with Crippen molar-refractivity contribution in [1.29, 1.82) is 0 Å². The molecule has 0 unspecified atom stereocenters. The van der Waals surface area contributed by atoms with Gasteiger partial charge in [0.15, 0.2) is 0 Å². The Balaban J connectivity index is 1.49. The Kier molecular flexibility index (Phi) is 8.76. The maximum atomic E-state index is 12.7. The summed E-state index contributed by atoms with van der Waals surface area (Å²) in [4.78, 5) is 25.4. The van der Waals surface area contributed by atoms with Gasteiger partial charge in [0.1, 0.15) is 11.6 Å². The Labute approximate surface area is 171 Å². The molecule has 0 aromatic heterocycles. The van der Waals surface area contributed by atoms with Crippen molar-refractivity contribution in [3.8, 4) is 0 Å². The van der Waals surface area contributed by atoms with E-state index < -0.39 is 0 Å². The molecule has 0 bridgehead atoms. The molecule has 0 heterocycles. The Morgan fingerprint density at radius 3 is 1.14 bits per heavy atom. The second kappa shape index (κ2) is 11.5. The van der Waals surface area contributed by atoms with Crippen molar-refractivity contribution in [3.05, 3.63) is 35.4 Å². The van der Waals surface area contributed by atoms with E-state index in [2.05, 4.69) is 24.3 Å². The van der Waals surface area contributed by atoms with Gasteiger partial charge in [-0.25, -0.2) is 0 Å². The molecule has 0 N–H and O–H groups in total. The fourth-order valence-electron chi connectivity index (χ4n) is 5.02. The van der Waals surface area contributed by atoms with Crippen LogP contribution < -0.4 is 0 Å². The molecule has 2 aliphatic carbocycles. The topological polar surface area (TPSA) is 34.1 Å². The van der Waals surface area contributed by atoms with Crippen molar-refractivity contribution in [1.82, 2.24) is 0 Å². The quantitative estimate of drug-likeness (QED) is 0.553. The second-order valence-electron chi connectivity index (χ2n) is 9.19. The van der Waals surface area contributed by atoms with E-state index in [1.165, 1.54) is 64.2 Å². The maximum Gasteiger partial charge on any atom is 0.140 e. The summed E-state index contributed by atoms with van der Waals surface area (Å²) in [7, 11) is 0. The minimum Gasteiger partial charge on any atom is -0.299 e. The van der Waals surface area contributed by atoms with Gasteiger partial charge in [0.2, 0.25) is 0 Å². The second-order valence-corrected chi connectivity index (χ2v) is 9.19. The number of benzene rings is 1. The lowest BCUT2D eigenvalue weighted by Crippen LogP contribution is -2.19. The average molecular weight is 383 g/mol. The number of Topliss-reactive ketones (excluding diaryl/α,β-unsaturated/α-hetero) is 2. The first-order chi connectivity index (χ1) is 13.7. The zero-order valence-corrected chi connectivity index (χ0v) is 17.6. The lowest BCUT2D eigenvalue weighted by Gasteiger charge is -2.19. The summed E-state index contributed by atoms with van der Waals surface area (Å²) in [5.74, 6) is 1.36. The van der Waals surface area contributed by atoms with Crippen LogP contribution in [0.25, 0.3) is 0 Å². The van der Waals surface area contributed by atoms with E-state index in [1.807, 2.05) is 0 Å². The molecule has 154 valence electrons. The summed E-state index contributed by atoms with van der Waals surface area (Å²) in [6.45, 7) is 0. The van der Waals surface area contributed by atoms with Crippen LogP contribution in [0.5, 0.6) is 0 Å². The number of carbonyl (C=O) groups excluding carboxylic acids is 2. The first-order valence-corrected chi connectivity index (χ1v) is 11.9. The fraction of sp³-hybridized carbons (Fsp3) is 0.692. The highest BCUT2D eigenvalue weighted by Gasteiger charge is 2.21. The molecule has 2 aliphatic rings. The highest BCUT2D eigenvalue weighted by molar-refractivity contribution is 5.84. The zero-order chi connectivity index (χ0) is 19.6. The molecule has 0 radical (unpaired) electrons. The van der Waals surface area contributed by atoms with Crippen LogP contribution in [0, 0.1) is 11.8 Å². The van der Waals surface area contributed by atoms with Gasteiger partial charge >= 0.3 is 0 Å². The van der Waals surface area contributed by atoms with Crippen molar-refractivity contribution in [3.63, 3.8) is 0 Å². The van der Waals surface area contributed by atoms with E-state index in [0.29, 0.717) is 24.4 Å². The monoisotopic (exact) mass is 382 g/mol. The zero-order valence-electron chi connectivity index (χ0n) is 17.6. The van der Waals surface area contributed by atoms with Crippen LogP contribution in [0.3, 0.4) is 0 Å². The van der Waals surface area contributed by atoms with Gasteiger partial charge in [-0.15, -0.1) is 0 Å². The van der Waals surface area contributed by atoms with Gasteiger partial charge in [-0.05, 0) is 36.8 Å². The van der Waals surface area contributed by atoms with Crippen molar-refractivity contribution in [2.45, 2.75) is 103 Å². The summed E-state index contributed by atoms with van der Waals surface area (Å²) >= 11 is 0. The molecule has 1 aromatic carbocycles. The van der Waals surface area contributed by atoms with Gasteiger partial charge in [0, 0.05) is 24.7 Å². The third-order valence-electron chi connectivity index (χ3n) is 6.90. The molecule has 2 fully saturated rings. The largest absolute Gasteiger partial charge is 0.299 e. The molecule has 2 saturated carbocycles. The molecule has 0 saturated heterocycles. The normalized spacial score (nSPS) is 20.6. The maximum absolute atomic E-state index is 12.7. The van der Waals surface area contributed by atoms with Gasteiger partial charge in [-0.1, -0.05) is 88.5 Å². The lowest BCUT2D eigenvalue weighted by molar-refractivity contribution is -0.123. The Morgan fingerprint density at radius 2 is 0.821 bits per heavy atom.